The monoisotopic (exact) mass is 306 g/mol. The second kappa shape index (κ2) is 9.25. The first kappa shape index (κ1) is 16.5. The molecule has 1 fully saturated rings. The Morgan fingerprint density at radius 1 is 1.36 bits per heavy atom. The van der Waals surface area contributed by atoms with Crippen LogP contribution in [0.5, 0.6) is 5.88 Å². The largest absolute Gasteiger partial charge is 0.474 e. The van der Waals surface area contributed by atoms with Crippen LogP contribution in [0.15, 0.2) is 23.3 Å². The van der Waals surface area contributed by atoms with E-state index in [0.29, 0.717) is 25.8 Å². The number of nitrogens with zero attached hydrogens (tertiary/aromatic N) is 2. The van der Waals surface area contributed by atoms with Crippen molar-refractivity contribution in [1.82, 2.24) is 15.6 Å². The number of rotatable bonds is 7. The van der Waals surface area contributed by atoms with Gasteiger partial charge in [-0.3, -0.25) is 4.99 Å². The van der Waals surface area contributed by atoms with Crippen LogP contribution in [0.2, 0.25) is 0 Å². The summed E-state index contributed by atoms with van der Waals surface area (Å²) in [6.45, 7) is 1.99. The molecule has 1 aromatic heterocycles. The molecule has 2 rings (SSSR count). The highest BCUT2D eigenvalue weighted by Gasteiger charge is 2.18. The van der Waals surface area contributed by atoms with Gasteiger partial charge < -0.3 is 20.1 Å². The van der Waals surface area contributed by atoms with Gasteiger partial charge in [0.2, 0.25) is 5.88 Å². The lowest BCUT2D eigenvalue weighted by molar-refractivity contribution is 0.199. The number of guanidine groups is 1. The Hall–Kier alpha value is -1.82. The van der Waals surface area contributed by atoms with E-state index in [-0.39, 0.29) is 0 Å². The van der Waals surface area contributed by atoms with Crippen LogP contribution in [0.25, 0.3) is 0 Å². The van der Waals surface area contributed by atoms with E-state index in [2.05, 4.69) is 20.6 Å². The summed E-state index contributed by atoms with van der Waals surface area (Å²) < 4.78 is 11.1. The maximum Gasteiger partial charge on any atom is 0.218 e. The van der Waals surface area contributed by atoms with Gasteiger partial charge in [0.25, 0.3) is 0 Å². The van der Waals surface area contributed by atoms with Gasteiger partial charge in [-0.25, -0.2) is 4.98 Å². The van der Waals surface area contributed by atoms with Crippen molar-refractivity contribution >= 4 is 5.96 Å². The molecule has 22 heavy (non-hydrogen) atoms. The fraction of sp³-hybridized carbons (Fsp3) is 0.625. The minimum atomic E-state index is 0.313. The van der Waals surface area contributed by atoms with Crippen molar-refractivity contribution in [3.05, 3.63) is 23.9 Å². The summed E-state index contributed by atoms with van der Waals surface area (Å²) in [5, 5.41) is 6.46. The number of nitrogens with one attached hydrogen (secondary N) is 2. The van der Waals surface area contributed by atoms with Crippen LogP contribution in [-0.4, -0.2) is 44.4 Å². The SMILES string of the molecule is CN=C(NCCOC)NCc1cccnc1OC1CCCC1. The van der Waals surface area contributed by atoms with E-state index in [1.165, 1.54) is 12.8 Å². The average Bonchev–Trinajstić information content (AvgIpc) is 3.05. The van der Waals surface area contributed by atoms with Crippen molar-refractivity contribution in [2.24, 2.45) is 4.99 Å². The van der Waals surface area contributed by atoms with E-state index in [1.807, 2.05) is 12.1 Å². The molecule has 6 heteroatoms. The van der Waals surface area contributed by atoms with E-state index in [9.17, 15) is 0 Å². The summed E-state index contributed by atoms with van der Waals surface area (Å²) in [6, 6.07) is 3.96. The number of pyridine rings is 1. The smallest absolute Gasteiger partial charge is 0.218 e. The normalized spacial score (nSPS) is 15.8. The van der Waals surface area contributed by atoms with Crippen LogP contribution in [0, 0.1) is 0 Å². The molecule has 0 atom stereocenters. The van der Waals surface area contributed by atoms with Gasteiger partial charge in [-0.1, -0.05) is 6.07 Å². The Labute approximate surface area is 132 Å². The molecule has 0 amide bonds. The van der Waals surface area contributed by atoms with Gasteiger partial charge in [-0.05, 0) is 31.7 Å². The quantitative estimate of drug-likeness (QED) is 0.456. The van der Waals surface area contributed by atoms with Crippen molar-refractivity contribution in [2.45, 2.75) is 38.3 Å². The number of methoxy groups -OCH3 is 1. The van der Waals surface area contributed by atoms with E-state index in [1.54, 1.807) is 20.4 Å². The molecule has 0 radical (unpaired) electrons. The number of hydrogen-bond acceptors (Lipinski definition) is 4. The van der Waals surface area contributed by atoms with Crippen molar-refractivity contribution in [3.63, 3.8) is 0 Å². The first-order valence-electron chi connectivity index (χ1n) is 7.87. The first-order valence-corrected chi connectivity index (χ1v) is 7.87. The van der Waals surface area contributed by atoms with E-state index in [4.69, 9.17) is 9.47 Å². The second-order valence-corrected chi connectivity index (χ2v) is 5.34. The van der Waals surface area contributed by atoms with Gasteiger partial charge in [0.05, 0.1) is 6.61 Å². The molecule has 0 spiro atoms. The first-order chi connectivity index (χ1) is 10.8. The molecule has 0 saturated heterocycles. The molecule has 122 valence electrons. The Morgan fingerprint density at radius 3 is 2.91 bits per heavy atom. The van der Waals surface area contributed by atoms with Gasteiger partial charge in [0.1, 0.15) is 6.10 Å². The molecular weight excluding hydrogens is 280 g/mol. The maximum atomic E-state index is 6.04. The fourth-order valence-electron chi connectivity index (χ4n) is 2.50. The van der Waals surface area contributed by atoms with E-state index in [0.717, 1.165) is 30.2 Å². The molecule has 0 aromatic carbocycles. The molecule has 2 N–H and O–H groups in total. The Balaban J connectivity index is 1.88. The summed E-state index contributed by atoms with van der Waals surface area (Å²) in [6.07, 6.45) is 6.85. The van der Waals surface area contributed by atoms with Crippen LogP contribution in [0.1, 0.15) is 31.2 Å². The highest BCUT2D eigenvalue weighted by Crippen LogP contribution is 2.24. The van der Waals surface area contributed by atoms with Crippen LogP contribution in [-0.2, 0) is 11.3 Å². The second-order valence-electron chi connectivity index (χ2n) is 5.34. The van der Waals surface area contributed by atoms with Crippen LogP contribution >= 0.6 is 0 Å². The predicted molar refractivity (Wildman–Crippen MR) is 87.2 cm³/mol. The molecule has 1 saturated carbocycles. The van der Waals surface area contributed by atoms with Crippen LogP contribution in [0.3, 0.4) is 0 Å². The third-order valence-corrected chi connectivity index (χ3v) is 3.70. The van der Waals surface area contributed by atoms with Gasteiger partial charge in [0, 0.05) is 39.0 Å². The third kappa shape index (κ3) is 5.18. The van der Waals surface area contributed by atoms with Crippen LogP contribution in [0.4, 0.5) is 0 Å². The van der Waals surface area contributed by atoms with Gasteiger partial charge >= 0.3 is 0 Å². The van der Waals surface area contributed by atoms with Crippen molar-refractivity contribution in [2.75, 3.05) is 27.3 Å². The number of ether oxygens (including phenoxy) is 2. The summed E-state index contributed by atoms with van der Waals surface area (Å²) in [7, 11) is 3.43. The van der Waals surface area contributed by atoms with Crippen molar-refractivity contribution in [3.8, 4) is 5.88 Å². The molecule has 1 aromatic rings. The topological polar surface area (TPSA) is 67.8 Å². The van der Waals surface area contributed by atoms with Gasteiger partial charge in [-0.2, -0.15) is 0 Å². The van der Waals surface area contributed by atoms with Crippen LogP contribution < -0.4 is 15.4 Å². The number of hydrogen-bond donors (Lipinski definition) is 2. The van der Waals surface area contributed by atoms with Gasteiger partial charge in [-0.15, -0.1) is 0 Å². The summed E-state index contributed by atoms with van der Waals surface area (Å²) in [5.74, 6) is 1.47. The fourth-order valence-corrected chi connectivity index (χ4v) is 2.50. The lowest BCUT2D eigenvalue weighted by atomic mass is 10.2. The molecular formula is C16H26N4O2. The summed E-state index contributed by atoms with van der Waals surface area (Å²) in [5.41, 5.74) is 1.05. The average molecular weight is 306 g/mol. The van der Waals surface area contributed by atoms with E-state index >= 15 is 0 Å². The Morgan fingerprint density at radius 2 is 2.18 bits per heavy atom. The molecule has 0 bridgehead atoms. The minimum Gasteiger partial charge on any atom is -0.474 e. The van der Waals surface area contributed by atoms with E-state index < -0.39 is 0 Å². The molecule has 0 aliphatic heterocycles. The molecule has 1 aliphatic rings. The summed E-state index contributed by atoms with van der Waals surface area (Å²) in [4.78, 5) is 8.56. The van der Waals surface area contributed by atoms with Crippen molar-refractivity contribution in [1.29, 1.82) is 0 Å². The maximum absolute atomic E-state index is 6.04. The Bertz CT molecular complexity index is 473. The highest BCUT2D eigenvalue weighted by atomic mass is 16.5. The Kier molecular flexibility index (Phi) is 6.96. The standard InChI is InChI=1S/C16H26N4O2/c1-17-16(19-10-11-21-2)20-12-13-6-5-9-18-15(13)22-14-7-3-4-8-14/h5-6,9,14H,3-4,7-8,10-12H2,1-2H3,(H2,17,19,20). The third-order valence-electron chi connectivity index (χ3n) is 3.70. The van der Waals surface area contributed by atoms with Gasteiger partial charge in [0.15, 0.2) is 5.96 Å². The van der Waals surface area contributed by atoms with Crippen molar-refractivity contribution < 1.29 is 9.47 Å². The zero-order valence-electron chi connectivity index (χ0n) is 13.5. The lowest BCUT2D eigenvalue weighted by Gasteiger charge is -2.16. The molecule has 1 heterocycles. The number of aromatic nitrogens is 1. The molecule has 1 aliphatic carbocycles. The highest BCUT2D eigenvalue weighted by molar-refractivity contribution is 5.79. The molecule has 0 unspecified atom stereocenters. The lowest BCUT2D eigenvalue weighted by Crippen LogP contribution is -2.38. The zero-order chi connectivity index (χ0) is 15.6. The zero-order valence-corrected chi connectivity index (χ0v) is 13.5. The number of aliphatic imine (C=N–C) groups is 1. The molecule has 6 nitrogen and oxygen atoms in total. The minimum absolute atomic E-state index is 0.313. The summed E-state index contributed by atoms with van der Waals surface area (Å²) >= 11 is 0. The predicted octanol–water partition coefficient (Wildman–Crippen LogP) is 1.71.